The van der Waals surface area contributed by atoms with E-state index in [-0.39, 0.29) is 12.6 Å². The van der Waals surface area contributed by atoms with Gasteiger partial charge >= 0.3 is 6.03 Å². The maximum atomic E-state index is 11.5. The molecule has 4 heteroatoms. The largest absolute Gasteiger partial charge is 0.396 e. The first-order valence-electron chi connectivity index (χ1n) is 5.89. The molecule has 90 valence electrons. The molecule has 0 radical (unpaired) electrons. The summed E-state index contributed by atoms with van der Waals surface area (Å²) < 4.78 is 0. The van der Waals surface area contributed by atoms with Crippen LogP contribution in [0.1, 0.15) is 39.5 Å². The van der Waals surface area contributed by atoms with Crippen molar-refractivity contribution in [3.05, 3.63) is 0 Å². The molecule has 0 fully saturated rings. The van der Waals surface area contributed by atoms with Crippen molar-refractivity contribution < 1.29 is 9.90 Å². The third kappa shape index (κ3) is 7.19. The number of amides is 2. The summed E-state index contributed by atoms with van der Waals surface area (Å²) in [6.45, 7) is 6.47. The van der Waals surface area contributed by atoms with Crippen LogP contribution in [0.3, 0.4) is 0 Å². The zero-order valence-electron chi connectivity index (χ0n) is 9.96. The molecule has 0 unspecified atom stereocenters. The van der Waals surface area contributed by atoms with Crippen LogP contribution in [0.4, 0.5) is 4.79 Å². The number of nitrogens with one attached hydrogen (secondary N) is 1. The average molecular weight is 216 g/mol. The lowest BCUT2D eigenvalue weighted by molar-refractivity contribution is 0.203. The Morgan fingerprint density at radius 1 is 1.13 bits per heavy atom. The number of carbonyl (C=O) groups excluding carboxylic acids is 1. The molecule has 0 spiro atoms. The van der Waals surface area contributed by atoms with Gasteiger partial charge in [-0.2, -0.15) is 0 Å². The van der Waals surface area contributed by atoms with E-state index in [0.717, 1.165) is 45.3 Å². The van der Waals surface area contributed by atoms with E-state index in [0.29, 0.717) is 0 Å². The van der Waals surface area contributed by atoms with E-state index in [4.69, 9.17) is 5.11 Å². The number of hydrogen-bond donors (Lipinski definition) is 2. The van der Waals surface area contributed by atoms with Crippen LogP contribution >= 0.6 is 0 Å². The Kier molecular flexibility index (Phi) is 9.27. The molecule has 0 saturated carbocycles. The van der Waals surface area contributed by atoms with Gasteiger partial charge in [0.15, 0.2) is 0 Å². The first-order valence-corrected chi connectivity index (χ1v) is 5.89. The van der Waals surface area contributed by atoms with Gasteiger partial charge in [-0.1, -0.05) is 12.8 Å². The Morgan fingerprint density at radius 2 is 1.73 bits per heavy atom. The van der Waals surface area contributed by atoms with E-state index >= 15 is 0 Å². The lowest BCUT2D eigenvalue weighted by atomic mass is 10.2. The first kappa shape index (κ1) is 14.2. The van der Waals surface area contributed by atoms with Gasteiger partial charge in [0.1, 0.15) is 0 Å². The molecule has 0 aromatic carbocycles. The number of carbonyl (C=O) groups is 1. The predicted octanol–water partition coefficient (Wildman–Crippen LogP) is 1.59. The molecule has 0 aliphatic heterocycles. The number of nitrogens with zero attached hydrogens (tertiary/aromatic N) is 1. The molecular formula is C11H24N2O2. The van der Waals surface area contributed by atoms with Crippen LogP contribution in [0.5, 0.6) is 0 Å². The summed E-state index contributed by atoms with van der Waals surface area (Å²) in [7, 11) is 0. The van der Waals surface area contributed by atoms with Crippen molar-refractivity contribution in [2.24, 2.45) is 0 Å². The smallest absolute Gasteiger partial charge is 0.317 e. The molecule has 0 aromatic heterocycles. The molecule has 4 nitrogen and oxygen atoms in total. The van der Waals surface area contributed by atoms with Crippen molar-refractivity contribution in [2.45, 2.75) is 39.5 Å². The molecule has 0 aromatic rings. The highest BCUT2D eigenvalue weighted by Gasteiger charge is 2.06. The first-order chi connectivity index (χ1) is 7.26. The lowest BCUT2D eigenvalue weighted by Gasteiger charge is -2.19. The molecule has 0 aliphatic rings. The Balaban J connectivity index is 3.38. The summed E-state index contributed by atoms with van der Waals surface area (Å²) in [6, 6.07) is 0.0298. The minimum atomic E-state index is 0.0298. The van der Waals surface area contributed by atoms with Crippen molar-refractivity contribution in [3.63, 3.8) is 0 Å². The quantitative estimate of drug-likeness (QED) is 0.605. The zero-order chi connectivity index (χ0) is 11.5. The van der Waals surface area contributed by atoms with Crippen LogP contribution in [0.15, 0.2) is 0 Å². The minimum absolute atomic E-state index is 0.0298. The van der Waals surface area contributed by atoms with E-state index in [1.165, 1.54) is 0 Å². The maximum Gasteiger partial charge on any atom is 0.317 e. The Labute approximate surface area is 92.7 Å². The lowest BCUT2D eigenvalue weighted by Crippen LogP contribution is -2.40. The normalized spacial score (nSPS) is 10.1. The van der Waals surface area contributed by atoms with Gasteiger partial charge in [-0.25, -0.2) is 4.79 Å². The summed E-state index contributed by atoms with van der Waals surface area (Å²) in [5, 5.41) is 11.5. The van der Waals surface area contributed by atoms with Crippen molar-refractivity contribution in [1.29, 1.82) is 0 Å². The summed E-state index contributed by atoms with van der Waals surface area (Å²) in [6.07, 6.45) is 3.97. The number of urea groups is 1. The number of rotatable bonds is 8. The number of aliphatic hydroxyl groups excluding tert-OH is 1. The number of aliphatic hydroxyl groups is 1. The van der Waals surface area contributed by atoms with Gasteiger partial charge in [0.25, 0.3) is 0 Å². The fourth-order valence-corrected chi connectivity index (χ4v) is 1.41. The van der Waals surface area contributed by atoms with Crippen molar-refractivity contribution >= 4 is 6.03 Å². The van der Waals surface area contributed by atoms with Crippen molar-refractivity contribution in [2.75, 3.05) is 26.2 Å². The number of hydrogen-bond acceptors (Lipinski definition) is 2. The minimum Gasteiger partial charge on any atom is -0.396 e. The standard InChI is InChI=1S/C11H24N2O2/c1-3-13(4-2)11(15)12-9-7-5-6-8-10-14/h14H,3-10H2,1-2H3,(H,12,15). The van der Waals surface area contributed by atoms with Crippen LogP contribution < -0.4 is 5.32 Å². The summed E-state index contributed by atoms with van der Waals surface area (Å²) in [5.74, 6) is 0. The van der Waals surface area contributed by atoms with Crippen LogP contribution in [0, 0.1) is 0 Å². The van der Waals surface area contributed by atoms with E-state index in [9.17, 15) is 4.79 Å². The van der Waals surface area contributed by atoms with Crippen LogP contribution in [-0.2, 0) is 0 Å². The number of unbranched alkanes of at least 4 members (excludes halogenated alkanes) is 3. The van der Waals surface area contributed by atoms with Gasteiger partial charge in [0.2, 0.25) is 0 Å². The Hall–Kier alpha value is -0.770. The van der Waals surface area contributed by atoms with Gasteiger partial charge in [-0.3, -0.25) is 0 Å². The van der Waals surface area contributed by atoms with Gasteiger partial charge < -0.3 is 15.3 Å². The highest BCUT2D eigenvalue weighted by Crippen LogP contribution is 1.98. The molecule has 15 heavy (non-hydrogen) atoms. The zero-order valence-corrected chi connectivity index (χ0v) is 9.96. The molecule has 2 amide bonds. The molecule has 2 N–H and O–H groups in total. The van der Waals surface area contributed by atoms with E-state index in [1.54, 1.807) is 4.90 Å². The van der Waals surface area contributed by atoms with Crippen molar-refractivity contribution in [3.8, 4) is 0 Å². The fourth-order valence-electron chi connectivity index (χ4n) is 1.41. The highest BCUT2D eigenvalue weighted by atomic mass is 16.2. The third-order valence-corrected chi connectivity index (χ3v) is 2.41. The second-order valence-corrected chi connectivity index (χ2v) is 3.54. The summed E-state index contributed by atoms with van der Waals surface area (Å²) in [5.41, 5.74) is 0. The SMILES string of the molecule is CCN(CC)C(=O)NCCCCCCO. The predicted molar refractivity (Wildman–Crippen MR) is 61.9 cm³/mol. The second-order valence-electron chi connectivity index (χ2n) is 3.54. The Bertz CT molecular complexity index is 159. The molecule has 0 bridgehead atoms. The van der Waals surface area contributed by atoms with Gasteiger partial charge in [-0.05, 0) is 26.7 Å². The highest BCUT2D eigenvalue weighted by molar-refractivity contribution is 5.73. The Morgan fingerprint density at radius 3 is 2.27 bits per heavy atom. The van der Waals surface area contributed by atoms with Gasteiger partial charge in [0, 0.05) is 26.2 Å². The average Bonchev–Trinajstić information content (AvgIpc) is 2.25. The third-order valence-electron chi connectivity index (χ3n) is 2.41. The van der Waals surface area contributed by atoms with Crippen LogP contribution in [-0.4, -0.2) is 42.3 Å². The van der Waals surface area contributed by atoms with Gasteiger partial charge in [-0.15, -0.1) is 0 Å². The van der Waals surface area contributed by atoms with Crippen LogP contribution in [0.25, 0.3) is 0 Å². The summed E-state index contributed by atoms with van der Waals surface area (Å²) >= 11 is 0. The van der Waals surface area contributed by atoms with Crippen LogP contribution in [0.2, 0.25) is 0 Å². The topological polar surface area (TPSA) is 52.6 Å². The van der Waals surface area contributed by atoms with E-state index < -0.39 is 0 Å². The monoisotopic (exact) mass is 216 g/mol. The molecule has 0 rings (SSSR count). The maximum absolute atomic E-state index is 11.5. The second kappa shape index (κ2) is 9.77. The van der Waals surface area contributed by atoms with E-state index in [1.807, 2.05) is 13.8 Å². The summed E-state index contributed by atoms with van der Waals surface area (Å²) in [4.78, 5) is 13.2. The van der Waals surface area contributed by atoms with Gasteiger partial charge in [0.05, 0.1) is 0 Å². The van der Waals surface area contributed by atoms with E-state index in [2.05, 4.69) is 5.32 Å². The molecule has 0 aliphatic carbocycles. The fraction of sp³-hybridized carbons (Fsp3) is 0.909. The molecular weight excluding hydrogens is 192 g/mol. The van der Waals surface area contributed by atoms with Crippen molar-refractivity contribution in [1.82, 2.24) is 10.2 Å². The molecule has 0 saturated heterocycles. The molecule has 0 heterocycles. The molecule has 0 atom stereocenters.